The van der Waals surface area contributed by atoms with E-state index in [1.807, 2.05) is 40.1 Å². The molecule has 3 aromatic rings. The standard InChI is InChI=1S/C21H20FN5O/c22-16-4-3-7-19(15(16)14-23)26-10-12-27(13-11-26)21(28)9-8-20-24-17-5-1-2-6-18(17)25-20/h1-7H,8-13H2,(H,24,25). The van der Waals surface area contributed by atoms with Gasteiger partial charge in [0.15, 0.2) is 0 Å². The number of amides is 1. The molecule has 6 nitrogen and oxygen atoms in total. The zero-order chi connectivity index (χ0) is 19.5. The van der Waals surface area contributed by atoms with Crippen LogP contribution in [-0.2, 0) is 11.2 Å². The van der Waals surface area contributed by atoms with Gasteiger partial charge in [-0.05, 0) is 24.3 Å². The molecule has 7 heteroatoms. The molecule has 1 aromatic heterocycles. The maximum absolute atomic E-state index is 13.8. The first-order valence-corrected chi connectivity index (χ1v) is 9.30. The quantitative estimate of drug-likeness (QED) is 0.759. The van der Waals surface area contributed by atoms with E-state index >= 15 is 0 Å². The number of halogens is 1. The van der Waals surface area contributed by atoms with Crippen molar-refractivity contribution in [3.05, 3.63) is 59.7 Å². The fourth-order valence-electron chi connectivity index (χ4n) is 3.59. The van der Waals surface area contributed by atoms with Gasteiger partial charge >= 0.3 is 0 Å². The van der Waals surface area contributed by atoms with Crippen molar-refractivity contribution in [2.75, 3.05) is 31.1 Å². The summed E-state index contributed by atoms with van der Waals surface area (Å²) in [5.74, 6) is 0.385. The Labute approximate surface area is 162 Å². The van der Waals surface area contributed by atoms with Gasteiger partial charge in [-0.3, -0.25) is 4.79 Å². The Bertz CT molecular complexity index is 1010. The second kappa shape index (κ2) is 7.69. The van der Waals surface area contributed by atoms with E-state index in [4.69, 9.17) is 0 Å². The Morgan fingerprint density at radius 3 is 2.68 bits per heavy atom. The summed E-state index contributed by atoms with van der Waals surface area (Å²) in [6.07, 6.45) is 0.958. The van der Waals surface area contributed by atoms with Crippen molar-refractivity contribution in [3.8, 4) is 6.07 Å². The molecule has 0 atom stereocenters. The van der Waals surface area contributed by atoms with Crippen LogP contribution in [0.2, 0.25) is 0 Å². The van der Waals surface area contributed by atoms with Crippen molar-refractivity contribution < 1.29 is 9.18 Å². The number of nitriles is 1. The van der Waals surface area contributed by atoms with Crippen LogP contribution < -0.4 is 4.90 Å². The number of para-hydroxylation sites is 2. The summed E-state index contributed by atoms with van der Waals surface area (Å²) in [7, 11) is 0. The van der Waals surface area contributed by atoms with Crippen LogP contribution in [0, 0.1) is 17.1 Å². The van der Waals surface area contributed by atoms with Crippen molar-refractivity contribution in [3.63, 3.8) is 0 Å². The lowest BCUT2D eigenvalue weighted by Gasteiger charge is -2.36. The topological polar surface area (TPSA) is 76.0 Å². The molecule has 0 bridgehead atoms. The van der Waals surface area contributed by atoms with Gasteiger partial charge in [-0.15, -0.1) is 0 Å². The van der Waals surface area contributed by atoms with E-state index in [0.29, 0.717) is 44.7 Å². The number of hydrogen-bond acceptors (Lipinski definition) is 4. The van der Waals surface area contributed by atoms with Crippen LogP contribution in [0.4, 0.5) is 10.1 Å². The lowest BCUT2D eigenvalue weighted by molar-refractivity contribution is -0.131. The average Bonchev–Trinajstić information content (AvgIpc) is 3.15. The van der Waals surface area contributed by atoms with E-state index in [2.05, 4.69) is 9.97 Å². The number of aryl methyl sites for hydroxylation is 1. The SMILES string of the molecule is N#Cc1c(F)cccc1N1CCN(C(=O)CCc2nc3ccccc3[nH]2)CC1. The van der Waals surface area contributed by atoms with Gasteiger partial charge in [0, 0.05) is 39.0 Å². The van der Waals surface area contributed by atoms with E-state index in [-0.39, 0.29) is 11.5 Å². The number of hydrogen-bond donors (Lipinski definition) is 1. The summed E-state index contributed by atoms with van der Waals surface area (Å²) in [5.41, 5.74) is 2.54. The third-order valence-corrected chi connectivity index (χ3v) is 5.09. The predicted octanol–water partition coefficient (Wildman–Crippen LogP) is 2.86. The minimum absolute atomic E-state index is 0.0622. The lowest BCUT2D eigenvalue weighted by atomic mass is 10.1. The maximum atomic E-state index is 13.8. The molecular formula is C21H20FN5O. The third kappa shape index (κ3) is 3.54. The summed E-state index contributed by atoms with van der Waals surface area (Å²) in [5, 5.41) is 9.21. The van der Waals surface area contributed by atoms with Crippen molar-refractivity contribution >= 4 is 22.6 Å². The molecule has 0 radical (unpaired) electrons. The molecule has 2 aromatic carbocycles. The van der Waals surface area contributed by atoms with E-state index in [1.165, 1.54) is 6.07 Å². The first kappa shape index (κ1) is 18.0. The number of carbonyl (C=O) groups is 1. The number of carbonyl (C=O) groups excluding carboxylic acids is 1. The van der Waals surface area contributed by atoms with E-state index in [9.17, 15) is 14.4 Å². The molecule has 0 unspecified atom stereocenters. The highest BCUT2D eigenvalue weighted by molar-refractivity contribution is 5.78. The largest absolute Gasteiger partial charge is 0.367 e. The van der Waals surface area contributed by atoms with Gasteiger partial charge in [-0.25, -0.2) is 9.37 Å². The summed E-state index contributed by atoms with van der Waals surface area (Å²) < 4.78 is 13.8. The zero-order valence-corrected chi connectivity index (χ0v) is 15.4. The maximum Gasteiger partial charge on any atom is 0.223 e. The van der Waals surface area contributed by atoms with Gasteiger partial charge < -0.3 is 14.8 Å². The molecule has 142 valence electrons. The van der Waals surface area contributed by atoms with Crippen LogP contribution in [0.1, 0.15) is 17.8 Å². The number of H-pyrrole nitrogens is 1. The van der Waals surface area contributed by atoms with Gasteiger partial charge in [0.1, 0.15) is 23.3 Å². The minimum atomic E-state index is -0.510. The molecule has 1 aliphatic heterocycles. The number of anilines is 1. The van der Waals surface area contributed by atoms with Crippen LogP contribution in [-0.4, -0.2) is 47.0 Å². The zero-order valence-electron chi connectivity index (χ0n) is 15.4. The smallest absolute Gasteiger partial charge is 0.223 e. The molecule has 1 N–H and O–H groups in total. The fraction of sp³-hybridized carbons (Fsp3) is 0.286. The van der Waals surface area contributed by atoms with E-state index in [1.54, 1.807) is 12.1 Å². The first-order chi connectivity index (χ1) is 13.7. The Morgan fingerprint density at radius 2 is 1.93 bits per heavy atom. The highest BCUT2D eigenvalue weighted by Gasteiger charge is 2.23. The normalized spacial score (nSPS) is 14.3. The van der Waals surface area contributed by atoms with Crippen LogP contribution in [0.5, 0.6) is 0 Å². The Kier molecular flexibility index (Phi) is 4.94. The predicted molar refractivity (Wildman–Crippen MR) is 104 cm³/mol. The Hall–Kier alpha value is -3.40. The van der Waals surface area contributed by atoms with Crippen molar-refractivity contribution in [1.29, 1.82) is 5.26 Å². The molecule has 2 heterocycles. The highest BCUT2D eigenvalue weighted by Crippen LogP contribution is 2.24. The van der Waals surface area contributed by atoms with Crippen LogP contribution in [0.15, 0.2) is 42.5 Å². The van der Waals surface area contributed by atoms with Gasteiger partial charge in [0.05, 0.1) is 16.7 Å². The molecule has 0 aliphatic carbocycles. The molecule has 1 saturated heterocycles. The third-order valence-electron chi connectivity index (χ3n) is 5.09. The first-order valence-electron chi connectivity index (χ1n) is 9.30. The van der Waals surface area contributed by atoms with Crippen molar-refractivity contribution in [2.24, 2.45) is 0 Å². The summed E-state index contributed by atoms with van der Waals surface area (Å²) in [6.45, 7) is 2.27. The number of aromatic amines is 1. The van der Waals surface area contributed by atoms with E-state index in [0.717, 1.165) is 16.9 Å². The second-order valence-electron chi connectivity index (χ2n) is 6.81. The van der Waals surface area contributed by atoms with Crippen LogP contribution >= 0.6 is 0 Å². The van der Waals surface area contributed by atoms with Gasteiger partial charge in [-0.1, -0.05) is 18.2 Å². The number of benzene rings is 2. The number of nitrogens with one attached hydrogen (secondary N) is 1. The summed E-state index contributed by atoms with van der Waals surface area (Å²) in [6, 6.07) is 14.4. The summed E-state index contributed by atoms with van der Waals surface area (Å²) >= 11 is 0. The van der Waals surface area contributed by atoms with Crippen LogP contribution in [0.3, 0.4) is 0 Å². The number of piperazine rings is 1. The summed E-state index contributed by atoms with van der Waals surface area (Å²) in [4.78, 5) is 24.1. The molecule has 1 aliphatic rings. The monoisotopic (exact) mass is 377 g/mol. The van der Waals surface area contributed by atoms with Gasteiger partial charge in [0.25, 0.3) is 0 Å². The number of nitrogens with zero attached hydrogens (tertiary/aromatic N) is 4. The molecular weight excluding hydrogens is 357 g/mol. The highest BCUT2D eigenvalue weighted by atomic mass is 19.1. The molecule has 28 heavy (non-hydrogen) atoms. The number of imidazole rings is 1. The number of fused-ring (bicyclic) bond motifs is 1. The average molecular weight is 377 g/mol. The fourth-order valence-corrected chi connectivity index (χ4v) is 3.59. The second-order valence-corrected chi connectivity index (χ2v) is 6.81. The van der Waals surface area contributed by atoms with Gasteiger partial charge in [0.2, 0.25) is 5.91 Å². The minimum Gasteiger partial charge on any atom is -0.367 e. The van der Waals surface area contributed by atoms with Crippen molar-refractivity contribution in [1.82, 2.24) is 14.9 Å². The molecule has 4 rings (SSSR count). The van der Waals surface area contributed by atoms with Crippen LogP contribution in [0.25, 0.3) is 11.0 Å². The Balaban J connectivity index is 1.34. The molecule has 1 fully saturated rings. The number of aromatic nitrogens is 2. The van der Waals surface area contributed by atoms with E-state index < -0.39 is 5.82 Å². The molecule has 0 spiro atoms. The molecule has 1 amide bonds. The van der Waals surface area contributed by atoms with Crippen molar-refractivity contribution in [2.45, 2.75) is 12.8 Å². The number of rotatable bonds is 4. The van der Waals surface area contributed by atoms with Gasteiger partial charge in [-0.2, -0.15) is 5.26 Å². The molecule has 0 saturated carbocycles. The lowest BCUT2D eigenvalue weighted by Crippen LogP contribution is -2.49. The Morgan fingerprint density at radius 1 is 1.14 bits per heavy atom.